The zero-order valence-electron chi connectivity index (χ0n) is 16.3. The molecule has 0 saturated carbocycles. The molecule has 1 amide bonds. The van der Waals surface area contributed by atoms with Gasteiger partial charge in [-0.15, -0.1) is 0 Å². The molecule has 0 saturated heterocycles. The SMILES string of the molecule is CCCOc1ccc(C(=O)CCC(=O)O[C@@H](C)C(=O)Nc2ccc(Cl)cn2)cc1. The molecule has 1 heterocycles. The van der Waals surface area contributed by atoms with Gasteiger partial charge in [-0.25, -0.2) is 4.98 Å². The molecule has 1 N–H and O–H groups in total. The summed E-state index contributed by atoms with van der Waals surface area (Å²) in [4.78, 5) is 40.2. The van der Waals surface area contributed by atoms with Gasteiger partial charge in [0.1, 0.15) is 11.6 Å². The van der Waals surface area contributed by atoms with Crippen molar-refractivity contribution in [3.05, 3.63) is 53.2 Å². The molecule has 154 valence electrons. The highest BCUT2D eigenvalue weighted by Crippen LogP contribution is 2.15. The molecule has 8 heteroatoms. The fraction of sp³-hybridized carbons (Fsp3) is 0.333. The average Bonchev–Trinajstić information content (AvgIpc) is 2.72. The van der Waals surface area contributed by atoms with Crippen LogP contribution in [0.2, 0.25) is 5.02 Å². The lowest BCUT2D eigenvalue weighted by atomic mass is 10.1. The van der Waals surface area contributed by atoms with E-state index >= 15 is 0 Å². The third-order valence-electron chi connectivity index (χ3n) is 3.86. The van der Waals surface area contributed by atoms with Crippen LogP contribution in [-0.2, 0) is 14.3 Å². The summed E-state index contributed by atoms with van der Waals surface area (Å²) < 4.78 is 10.5. The lowest BCUT2D eigenvalue weighted by Crippen LogP contribution is -2.30. The second-order valence-corrected chi connectivity index (χ2v) is 6.72. The molecule has 0 spiro atoms. The third kappa shape index (κ3) is 7.54. The number of nitrogens with one attached hydrogen (secondary N) is 1. The van der Waals surface area contributed by atoms with Crippen LogP contribution in [0.1, 0.15) is 43.5 Å². The number of carbonyl (C=O) groups is 3. The maximum absolute atomic E-state index is 12.2. The largest absolute Gasteiger partial charge is 0.494 e. The average molecular weight is 419 g/mol. The smallest absolute Gasteiger partial charge is 0.307 e. The molecule has 0 aliphatic heterocycles. The van der Waals surface area contributed by atoms with Crippen LogP contribution in [0.5, 0.6) is 5.75 Å². The van der Waals surface area contributed by atoms with Crippen molar-refractivity contribution >= 4 is 35.1 Å². The number of hydrogen-bond acceptors (Lipinski definition) is 6. The maximum atomic E-state index is 12.2. The highest BCUT2D eigenvalue weighted by atomic mass is 35.5. The number of esters is 1. The first kappa shape index (κ1) is 22.4. The highest BCUT2D eigenvalue weighted by Gasteiger charge is 2.19. The van der Waals surface area contributed by atoms with E-state index in [0.29, 0.717) is 28.8 Å². The number of nitrogens with zero attached hydrogens (tertiary/aromatic N) is 1. The Labute approximate surface area is 174 Å². The Balaban J connectivity index is 1.77. The summed E-state index contributed by atoms with van der Waals surface area (Å²) >= 11 is 5.73. The third-order valence-corrected chi connectivity index (χ3v) is 4.09. The van der Waals surface area contributed by atoms with Gasteiger partial charge in [0.15, 0.2) is 11.9 Å². The molecule has 0 aliphatic rings. The van der Waals surface area contributed by atoms with Crippen LogP contribution in [0.3, 0.4) is 0 Å². The van der Waals surface area contributed by atoms with Gasteiger partial charge in [-0.3, -0.25) is 14.4 Å². The summed E-state index contributed by atoms with van der Waals surface area (Å²) in [6.07, 6.45) is 1.13. The van der Waals surface area contributed by atoms with Crippen molar-refractivity contribution in [1.82, 2.24) is 4.98 Å². The van der Waals surface area contributed by atoms with E-state index in [0.717, 1.165) is 6.42 Å². The van der Waals surface area contributed by atoms with E-state index in [2.05, 4.69) is 10.3 Å². The second kappa shape index (κ2) is 11.2. The van der Waals surface area contributed by atoms with E-state index in [1.54, 1.807) is 30.3 Å². The number of ketones is 1. The van der Waals surface area contributed by atoms with Crippen LogP contribution in [0.25, 0.3) is 0 Å². The Kier molecular flexibility index (Phi) is 8.61. The fourth-order valence-electron chi connectivity index (χ4n) is 2.30. The Morgan fingerprint density at radius 1 is 1.10 bits per heavy atom. The van der Waals surface area contributed by atoms with Crippen LogP contribution in [0.15, 0.2) is 42.6 Å². The van der Waals surface area contributed by atoms with Crippen molar-refractivity contribution in [2.45, 2.75) is 39.2 Å². The van der Waals surface area contributed by atoms with Gasteiger partial charge in [0.25, 0.3) is 5.91 Å². The van der Waals surface area contributed by atoms with E-state index in [1.807, 2.05) is 6.92 Å². The first-order chi connectivity index (χ1) is 13.9. The molecule has 29 heavy (non-hydrogen) atoms. The monoisotopic (exact) mass is 418 g/mol. The summed E-state index contributed by atoms with van der Waals surface area (Å²) in [6.45, 7) is 4.06. The minimum Gasteiger partial charge on any atom is -0.494 e. The Bertz CT molecular complexity index is 837. The van der Waals surface area contributed by atoms with Gasteiger partial charge < -0.3 is 14.8 Å². The Morgan fingerprint density at radius 2 is 1.83 bits per heavy atom. The van der Waals surface area contributed by atoms with Crippen LogP contribution < -0.4 is 10.1 Å². The maximum Gasteiger partial charge on any atom is 0.307 e. The summed E-state index contributed by atoms with van der Waals surface area (Å²) in [5.74, 6) is -0.358. The fourth-order valence-corrected chi connectivity index (χ4v) is 2.42. The van der Waals surface area contributed by atoms with Gasteiger partial charge in [-0.05, 0) is 49.7 Å². The predicted octanol–water partition coefficient (Wildman–Crippen LogP) is 4.06. The van der Waals surface area contributed by atoms with Crippen molar-refractivity contribution in [3.63, 3.8) is 0 Å². The van der Waals surface area contributed by atoms with E-state index in [9.17, 15) is 14.4 Å². The van der Waals surface area contributed by atoms with Crippen molar-refractivity contribution in [2.24, 2.45) is 0 Å². The molecule has 7 nitrogen and oxygen atoms in total. The number of amides is 1. The lowest BCUT2D eigenvalue weighted by molar-refractivity contribution is -0.153. The molecule has 2 aromatic rings. The predicted molar refractivity (Wildman–Crippen MR) is 109 cm³/mol. The van der Waals surface area contributed by atoms with Crippen molar-refractivity contribution in [1.29, 1.82) is 0 Å². The van der Waals surface area contributed by atoms with Gasteiger partial charge >= 0.3 is 5.97 Å². The molecule has 2 rings (SSSR count). The van der Waals surface area contributed by atoms with Crippen molar-refractivity contribution < 1.29 is 23.9 Å². The van der Waals surface area contributed by atoms with E-state index in [4.69, 9.17) is 21.1 Å². The van der Waals surface area contributed by atoms with Crippen LogP contribution in [0, 0.1) is 0 Å². The quantitative estimate of drug-likeness (QED) is 0.462. The number of Topliss-reactive ketones (excluding diaryl/α,β-unsaturated/α-hetero) is 1. The van der Waals surface area contributed by atoms with Gasteiger partial charge in [-0.2, -0.15) is 0 Å². The standard InChI is InChI=1S/C21H23ClN2O5/c1-3-12-28-17-7-4-15(5-8-17)18(25)9-11-20(26)29-14(2)21(27)24-19-10-6-16(22)13-23-19/h4-8,10,13-14H,3,9,11-12H2,1-2H3,(H,23,24,27)/t14-/m0/s1. The Hall–Kier alpha value is -2.93. The minimum atomic E-state index is -1.02. The van der Waals surface area contributed by atoms with Gasteiger partial charge in [0.05, 0.1) is 18.1 Å². The Morgan fingerprint density at radius 3 is 2.45 bits per heavy atom. The number of anilines is 1. The zero-order valence-corrected chi connectivity index (χ0v) is 17.1. The van der Waals surface area contributed by atoms with Crippen molar-refractivity contribution in [2.75, 3.05) is 11.9 Å². The molecular weight excluding hydrogens is 396 g/mol. The highest BCUT2D eigenvalue weighted by molar-refractivity contribution is 6.30. The number of ether oxygens (including phenoxy) is 2. The van der Waals surface area contributed by atoms with Gasteiger partial charge in [-0.1, -0.05) is 18.5 Å². The number of pyridine rings is 1. The van der Waals surface area contributed by atoms with Crippen LogP contribution in [-0.4, -0.2) is 35.4 Å². The first-order valence-electron chi connectivity index (χ1n) is 9.27. The van der Waals surface area contributed by atoms with Crippen molar-refractivity contribution in [3.8, 4) is 5.75 Å². The van der Waals surface area contributed by atoms with Crippen LogP contribution in [0.4, 0.5) is 5.82 Å². The molecule has 0 radical (unpaired) electrons. The summed E-state index contributed by atoms with van der Waals surface area (Å²) in [5, 5.41) is 2.96. The zero-order chi connectivity index (χ0) is 21.2. The number of carbonyl (C=O) groups excluding carboxylic acids is 3. The normalized spacial score (nSPS) is 11.4. The number of halogens is 1. The molecular formula is C21H23ClN2O5. The number of aromatic nitrogens is 1. The molecule has 0 fully saturated rings. The van der Waals surface area contributed by atoms with Gasteiger partial charge in [0.2, 0.25) is 0 Å². The van der Waals surface area contributed by atoms with Gasteiger partial charge in [0, 0.05) is 18.2 Å². The molecule has 1 aromatic carbocycles. The molecule has 0 unspecified atom stereocenters. The summed E-state index contributed by atoms with van der Waals surface area (Å²) in [5.41, 5.74) is 0.487. The topological polar surface area (TPSA) is 94.6 Å². The first-order valence-corrected chi connectivity index (χ1v) is 9.64. The lowest BCUT2D eigenvalue weighted by Gasteiger charge is -2.13. The summed E-state index contributed by atoms with van der Waals surface area (Å²) in [6, 6.07) is 9.87. The minimum absolute atomic E-state index is 0.0128. The second-order valence-electron chi connectivity index (χ2n) is 6.28. The molecule has 1 aromatic heterocycles. The van der Waals surface area contributed by atoms with E-state index in [-0.39, 0.29) is 18.6 Å². The number of hydrogen-bond donors (Lipinski definition) is 1. The molecule has 1 atom stereocenters. The van der Waals surface area contributed by atoms with Crippen LogP contribution >= 0.6 is 11.6 Å². The van der Waals surface area contributed by atoms with E-state index in [1.165, 1.54) is 19.2 Å². The number of rotatable bonds is 10. The van der Waals surface area contributed by atoms with E-state index < -0.39 is 18.0 Å². The number of benzene rings is 1. The molecule has 0 bridgehead atoms. The summed E-state index contributed by atoms with van der Waals surface area (Å²) in [7, 11) is 0. The molecule has 0 aliphatic carbocycles.